The molecule has 0 saturated carbocycles. The quantitative estimate of drug-likeness (QED) is 0.731. The summed E-state index contributed by atoms with van der Waals surface area (Å²) in [5, 5.41) is 2.94. The van der Waals surface area contributed by atoms with Crippen molar-refractivity contribution >= 4 is 20.0 Å². The maximum Gasteiger partial charge on any atom is 0.243 e. The van der Waals surface area contributed by atoms with Gasteiger partial charge >= 0.3 is 0 Å². The highest BCUT2D eigenvalue weighted by Crippen LogP contribution is 2.22. The molecule has 0 radical (unpaired) electrons. The smallest absolute Gasteiger partial charge is 0.243 e. The Balaban J connectivity index is 2.15. The maximum atomic E-state index is 12.4. The molecule has 0 amide bonds. The van der Waals surface area contributed by atoms with E-state index in [1.807, 2.05) is 6.92 Å². The monoisotopic (exact) mass is 361 g/mol. The van der Waals surface area contributed by atoms with E-state index >= 15 is 0 Å². The van der Waals surface area contributed by atoms with E-state index in [0.29, 0.717) is 13.1 Å². The molecule has 1 aliphatic rings. The average Bonchev–Trinajstić information content (AvgIpc) is 3.08. The van der Waals surface area contributed by atoms with Gasteiger partial charge in [-0.05, 0) is 51.1 Å². The van der Waals surface area contributed by atoms with E-state index in [1.165, 1.54) is 28.6 Å². The number of hydrogen-bond donors (Lipinski definition) is 2. The first-order valence-corrected chi connectivity index (χ1v) is 10.5. The topological polar surface area (TPSA) is 95.6 Å². The van der Waals surface area contributed by atoms with Gasteiger partial charge in [0, 0.05) is 25.7 Å². The van der Waals surface area contributed by atoms with Crippen molar-refractivity contribution in [3.05, 3.63) is 24.3 Å². The zero-order chi connectivity index (χ0) is 17.1. The van der Waals surface area contributed by atoms with Gasteiger partial charge in [0.2, 0.25) is 20.0 Å². The molecule has 0 aliphatic carbocycles. The number of likely N-dealkylation sites (N-methyl/N-ethyl adjacent to an activating group) is 1. The lowest BCUT2D eigenvalue weighted by molar-refractivity contribution is 0.477. The first kappa shape index (κ1) is 18.3. The molecule has 1 fully saturated rings. The Labute approximate surface area is 138 Å². The second-order valence-electron chi connectivity index (χ2n) is 5.62. The van der Waals surface area contributed by atoms with Gasteiger partial charge in [-0.2, -0.15) is 4.31 Å². The first-order chi connectivity index (χ1) is 10.8. The van der Waals surface area contributed by atoms with Crippen molar-refractivity contribution in [2.75, 3.05) is 26.7 Å². The number of benzene rings is 1. The van der Waals surface area contributed by atoms with Gasteiger partial charge in [-0.3, -0.25) is 0 Å². The molecule has 1 saturated heterocycles. The number of nitrogens with zero attached hydrogens (tertiary/aromatic N) is 1. The molecule has 0 bridgehead atoms. The van der Waals surface area contributed by atoms with Gasteiger partial charge in [0.25, 0.3) is 0 Å². The molecule has 1 aromatic rings. The minimum absolute atomic E-state index is 0.000377. The zero-order valence-electron chi connectivity index (χ0n) is 13.3. The van der Waals surface area contributed by atoms with Crippen LogP contribution in [0.5, 0.6) is 0 Å². The lowest BCUT2D eigenvalue weighted by Crippen LogP contribution is -2.37. The van der Waals surface area contributed by atoms with Gasteiger partial charge in [-0.15, -0.1) is 0 Å². The molecule has 7 nitrogen and oxygen atoms in total. The summed E-state index contributed by atoms with van der Waals surface area (Å²) in [5.41, 5.74) is 0. The third-order valence-corrected chi connectivity index (χ3v) is 7.26. The summed E-state index contributed by atoms with van der Waals surface area (Å²) in [6.45, 7) is 3.15. The Morgan fingerprint density at radius 2 is 1.57 bits per heavy atom. The summed E-state index contributed by atoms with van der Waals surface area (Å²) < 4.78 is 53.1. The predicted octanol–water partition coefficient (Wildman–Crippen LogP) is 0.357. The molecular weight excluding hydrogens is 338 g/mol. The fourth-order valence-electron chi connectivity index (χ4n) is 2.29. The van der Waals surface area contributed by atoms with E-state index in [0.717, 1.165) is 12.8 Å². The summed E-state index contributed by atoms with van der Waals surface area (Å²) in [7, 11) is -5.42. The molecule has 0 spiro atoms. The van der Waals surface area contributed by atoms with Crippen LogP contribution in [0.25, 0.3) is 0 Å². The van der Waals surface area contributed by atoms with Crippen LogP contribution in [0.4, 0.5) is 0 Å². The largest absolute Gasteiger partial charge is 0.316 e. The van der Waals surface area contributed by atoms with Crippen molar-refractivity contribution in [2.45, 2.75) is 35.6 Å². The lowest BCUT2D eigenvalue weighted by Gasteiger charge is -2.16. The van der Waals surface area contributed by atoms with E-state index in [-0.39, 0.29) is 22.4 Å². The fraction of sp³-hybridized carbons (Fsp3) is 0.571. The number of sulfonamides is 2. The third-order valence-electron chi connectivity index (χ3n) is 3.91. The molecular formula is C14H23N3O4S2. The summed E-state index contributed by atoms with van der Waals surface area (Å²) in [5.74, 6) is 0. The van der Waals surface area contributed by atoms with E-state index in [4.69, 9.17) is 0 Å². The van der Waals surface area contributed by atoms with Crippen LogP contribution in [0, 0.1) is 0 Å². The van der Waals surface area contributed by atoms with Crippen LogP contribution in [0.1, 0.15) is 19.8 Å². The highest BCUT2D eigenvalue weighted by atomic mass is 32.2. The van der Waals surface area contributed by atoms with Crippen LogP contribution in [0.3, 0.4) is 0 Å². The molecule has 2 N–H and O–H groups in total. The Morgan fingerprint density at radius 1 is 1.04 bits per heavy atom. The standard InChI is InChI=1S/C14H23N3O4S2/c1-12(15-2)11-16-22(18,19)13-5-7-14(8-6-13)23(20,21)17-9-3-4-10-17/h5-8,12,15-16H,3-4,9-11H2,1-2H3. The number of nitrogens with one attached hydrogen (secondary N) is 2. The van der Waals surface area contributed by atoms with Gasteiger partial charge in [0.05, 0.1) is 9.79 Å². The summed E-state index contributed by atoms with van der Waals surface area (Å²) in [6, 6.07) is 5.36. The average molecular weight is 361 g/mol. The van der Waals surface area contributed by atoms with Crippen molar-refractivity contribution in [1.82, 2.24) is 14.3 Å². The Kier molecular flexibility index (Phi) is 5.79. The highest BCUT2D eigenvalue weighted by Gasteiger charge is 2.27. The van der Waals surface area contributed by atoms with Crippen molar-refractivity contribution in [3.63, 3.8) is 0 Å². The predicted molar refractivity (Wildman–Crippen MR) is 88.1 cm³/mol. The maximum absolute atomic E-state index is 12.4. The van der Waals surface area contributed by atoms with Gasteiger partial charge < -0.3 is 5.32 Å². The first-order valence-electron chi connectivity index (χ1n) is 7.54. The fourth-order valence-corrected chi connectivity index (χ4v) is 4.94. The highest BCUT2D eigenvalue weighted by molar-refractivity contribution is 7.89. The minimum atomic E-state index is -3.65. The molecule has 1 unspecified atom stereocenters. The zero-order valence-corrected chi connectivity index (χ0v) is 15.0. The van der Waals surface area contributed by atoms with Crippen LogP contribution in [0.15, 0.2) is 34.1 Å². The summed E-state index contributed by atoms with van der Waals surface area (Å²) in [6.07, 6.45) is 1.72. The van der Waals surface area contributed by atoms with Crippen molar-refractivity contribution in [2.24, 2.45) is 0 Å². The van der Waals surface area contributed by atoms with Gasteiger partial charge in [0.15, 0.2) is 0 Å². The molecule has 1 aliphatic heterocycles. The van der Waals surface area contributed by atoms with Crippen molar-refractivity contribution in [3.8, 4) is 0 Å². The second kappa shape index (κ2) is 7.27. The van der Waals surface area contributed by atoms with E-state index < -0.39 is 20.0 Å². The molecule has 0 aromatic heterocycles. The van der Waals surface area contributed by atoms with E-state index in [1.54, 1.807) is 7.05 Å². The molecule has 1 heterocycles. The van der Waals surface area contributed by atoms with Crippen molar-refractivity contribution in [1.29, 1.82) is 0 Å². The summed E-state index contributed by atoms with van der Waals surface area (Å²) >= 11 is 0. The van der Waals surface area contributed by atoms with Crippen LogP contribution in [0.2, 0.25) is 0 Å². The van der Waals surface area contributed by atoms with Crippen molar-refractivity contribution < 1.29 is 16.8 Å². The number of hydrogen-bond acceptors (Lipinski definition) is 5. The molecule has 1 atom stereocenters. The SMILES string of the molecule is CNC(C)CNS(=O)(=O)c1ccc(S(=O)(=O)N2CCCC2)cc1. The van der Waals surface area contributed by atoms with Gasteiger partial charge in [0.1, 0.15) is 0 Å². The lowest BCUT2D eigenvalue weighted by atomic mass is 10.4. The second-order valence-corrected chi connectivity index (χ2v) is 9.33. The van der Waals surface area contributed by atoms with E-state index in [2.05, 4.69) is 10.0 Å². The van der Waals surface area contributed by atoms with Crippen LogP contribution in [-0.4, -0.2) is 53.9 Å². The molecule has 1 aromatic carbocycles. The Hall–Kier alpha value is -1.00. The Morgan fingerprint density at radius 3 is 2.09 bits per heavy atom. The molecule has 130 valence electrons. The normalized spacial score (nSPS) is 18.2. The molecule has 23 heavy (non-hydrogen) atoms. The van der Waals surface area contributed by atoms with Gasteiger partial charge in [-0.1, -0.05) is 0 Å². The molecule has 9 heteroatoms. The summed E-state index contributed by atoms with van der Waals surface area (Å²) in [4.78, 5) is 0.183. The van der Waals surface area contributed by atoms with E-state index in [9.17, 15) is 16.8 Å². The Bertz CT molecular complexity index is 724. The third kappa shape index (κ3) is 4.30. The molecule has 2 rings (SSSR count). The van der Waals surface area contributed by atoms with Gasteiger partial charge in [-0.25, -0.2) is 21.6 Å². The van der Waals surface area contributed by atoms with Crippen LogP contribution in [-0.2, 0) is 20.0 Å². The minimum Gasteiger partial charge on any atom is -0.316 e. The van der Waals surface area contributed by atoms with Crippen LogP contribution >= 0.6 is 0 Å². The number of rotatable bonds is 7. The van der Waals surface area contributed by atoms with Crippen LogP contribution < -0.4 is 10.0 Å².